The monoisotopic (exact) mass is 550 g/mol. The molecule has 1 saturated carbocycles. The number of rotatable bonds is 10. The summed E-state index contributed by atoms with van der Waals surface area (Å²) in [7, 11) is 0. The average molecular weight is 551 g/mol. The van der Waals surface area contributed by atoms with Crippen molar-refractivity contribution in [3.63, 3.8) is 0 Å². The van der Waals surface area contributed by atoms with E-state index in [0.29, 0.717) is 19.0 Å². The molecule has 3 aromatic rings. The van der Waals surface area contributed by atoms with Gasteiger partial charge in [0.2, 0.25) is 0 Å². The zero-order valence-electron chi connectivity index (χ0n) is 24.8. The largest absolute Gasteiger partial charge is 1.00 e. The molecule has 0 bridgehead atoms. The predicted molar refractivity (Wildman–Crippen MR) is 150 cm³/mol. The van der Waals surface area contributed by atoms with Crippen molar-refractivity contribution in [2.45, 2.75) is 91.1 Å². The number of ether oxygens (including phenoxy) is 1. The average Bonchev–Trinajstić information content (AvgIpc) is 3.55. The second kappa shape index (κ2) is 11.9. The molecule has 1 aromatic heterocycles. The number of carbonyl (C=O) groups excluding carboxylic acids is 1. The van der Waals surface area contributed by atoms with Gasteiger partial charge in [0, 0.05) is 18.0 Å². The standard InChI is InChI=1S/C33H40N2O4.Na/c1-20-24(11-9-23-10-12-27-25(17-23)19-33(13-14-33)28(27)18-29(36)37)7-6-8-26(20)30-21(2)34-31(35-22(30)3)39-16-15-32(4,5)38;/h6-8,10,12,17,28,38H,9,11,13-16,18-19H2,1-5H3,(H,36,37);/q;+1/p-1. The summed E-state index contributed by atoms with van der Waals surface area (Å²) in [4.78, 5) is 20.6. The number of hydrogen-bond acceptors (Lipinski definition) is 6. The van der Waals surface area contributed by atoms with Crippen LogP contribution in [0.25, 0.3) is 11.1 Å². The fraction of sp³-hybridized carbons (Fsp3) is 0.485. The topological polar surface area (TPSA) is 95.4 Å². The van der Waals surface area contributed by atoms with Gasteiger partial charge >= 0.3 is 35.6 Å². The van der Waals surface area contributed by atoms with Crippen molar-refractivity contribution in [2.75, 3.05) is 6.61 Å². The Bertz CT molecular complexity index is 1390. The summed E-state index contributed by atoms with van der Waals surface area (Å²) in [6.07, 6.45) is 5.73. The Labute approximate surface area is 259 Å². The fourth-order valence-electron chi connectivity index (χ4n) is 6.36. The van der Waals surface area contributed by atoms with Gasteiger partial charge in [0.15, 0.2) is 0 Å². The maximum Gasteiger partial charge on any atom is 1.00 e. The van der Waals surface area contributed by atoms with Crippen LogP contribution in [0.4, 0.5) is 0 Å². The molecule has 1 spiro atoms. The van der Waals surface area contributed by atoms with Crippen molar-refractivity contribution in [1.29, 1.82) is 0 Å². The number of benzene rings is 2. The third kappa shape index (κ3) is 6.62. The van der Waals surface area contributed by atoms with Crippen molar-refractivity contribution in [2.24, 2.45) is 5.41 Å². The number of hydrogen-bond donors (Lipinski definition) is 1. The third-order valence-corrected chi connectivity index (χ3v) is 8.72. The molecule has 1 heterocycles. The zero-order chi connectivity index (χ0) is 27.9. The molecule has 7 heteroatoms. The molecule has 0 amide bonds. The number of carbonyl (C=O) groups is 1. The quantitative estimate of drug-likeness (QED) is 0.388. The first-order valence-corrected chi connectivity index (χ1v) is 14.1. The summed E-state index contributed by atoms with van der Waals surface area (Å²) in [6, 6.07) is 13.4. The van der Waals surface area contributed by atoms with E-state index in [1.807, 2.05) is 13.8 Å². The molecule has 2 aliphatic carbocycles. The summed E-state index contributed by atoms with van der Waals surface area (Å²) in [5, 5.41) is 21.3. The number of aromatic nitrogens is 2. The van der Waals surface area contributed by atoms with Gasteiger partial charge in [0.1, 0.15) is 0 Å². The number of fused-ring (bicyclic) bond motifs is 1. The van der Waals surface area contributed by atoms with E-state index in [1.165, 1.54) is 27.8 Å². The SMILES string of the molecule is Cc1nc(OCCC(C)(C)O)nc(C)c1-c1cccc(CCc2ccc3c(c2)CC2(CC2)C3CC(=O)[O-])c1C.[Na+]. The van der Waals surface area contributed by atoms with Gasteiger partial charge in [-0.25, -0.2) is 0 Å². The van der Waals surface area contributed by atoms with Crippen LogP contribution in [0.2, 0.25) is 0 Å². The van der Waals surface area contributed by atoms with Crippen LogP contribution in [-0.4, -0.2) is 33.3 Å². The molecule has 2 aromatic carbocycles. The van der Waals surface area contributed by atoms with Crippen LogP contribution in [0, 0.1) is 26.2 Å². The molecule has 0 aliphatic heterocycles. The Morgan fingerprint density at radius 3 is 2.42 bits per heavy atom. The first-order valence-electron chi connectivity index (χ1n) is 14.1. The normalized spacial score (nSPS) is 16.9. The Hall–Kier alpha value is -2.25. The Morgan fingerprint density at radius 1 is 1.10 bits per heavy atom. The molecule has 1 fully saturated rings. The Balaban J connectivity index is 0.00000370. The van der Waals surface area contributed by atoms with Crippen LogP contribution in [-0.2, 0) is 24.1 Å². The number of nitrogens with zero attached hydrogens (tertiary/aromatic N) is 2. The molecule has 1 N–H and O–H groups in total. The molecule has 0 saturated heterocycles. The van der Waals surface area contributed by atoms with Gasteiger partial charge in [-0.15, -0.1) is 0 Å². The Morgan fingerprint density at radius 2 is 1.80 bits per heavy atom. The van der Waals surface area contributed by atoms with E-state index in [1.54, 1.807) is 13.8 Å². The van der Waals surface area contributed by atoms with E-state index in [4.69, 9.17) is 4.74 Å². The Kier molecular flexibility index (Phi) is 9.16. The first-order chi connectivity index (χ1) is 18.5. The summed E-state index contributed by atoms with van der Waals surface area (Å²) < 4.78 is 5.74. The summed E-state index contributed by atoms with van der Waals surface area (Å²) in [5.74, 6) is -0.833. The first kappa shape index (κ1) is 30.7. The van der Waals surface area contributed by atoms with Gasteiger partial charge in [-0.05, 0) is 118 Å². The third-order valence-electron chi connectivity index (χ3n) is 8.72. The van der Waals surface area contributed by atoms with Gasteiger partial charge in [-0.2, -0.15) is 9.97 Å². The van der Waals surface area contributed by atoms with Crippen LogP contribution < -0.4 is 39.4 Å². The van der Waals surface area contributed by atoms with Crippen LogP contribution in [0.5, 0.6) is 6.01 Å². The summed E-state index contributed by atoms with van der Waals surface area (Å²) in [6.45, 7) is 10.0. The predicted octanol–water partition coefficient (Wildman–Crippen LogP) is 1.96. The van der Waals surface area contributed by atoms with Crippen molar-refractivity contribution < 1.29 is 49.3 Å². The van der Waals surface area contributed by atoms with E-state index >= 15 is 0 Å². The minimum atomic E-state index is -0.942. The number of carboxylic acid groups (broad SMARTS) is 1. The van der Waals surface area contributed by atoms with Crippen molar-refractivity contribution >= 4 is 5.97 Å². The molecule has 1 unspecified atom stereocenters. The van der Waals surface area contributed by atoms with E-state index in [9.17, 15) is 15.0 Å². The number of aliphatic carboxylic acids is 1. The number of aliphatic hydroxyl groups is 1. The molecule has 40 heavy (non-hydrogen) atoms. The van der Waals surface area contributed by atoms with E-state index in [0.717, 1.165) is 54.6 Å². The number of carboxylic acids is 1. The summed E-state index contributed by atoms with van der Waals surface area (Å²) in [5.41, 5.74) is 9.68. The molecule has 6 nitrogen and oxygen atoms in total. The van der Waals surface area contributed by atoms with Gasteiger partial charge in [-0.3, -0.25) is 0 Å². The van der Waals surface area contributed by atoms with Crippen LogP contribution in [0.15, 0.2) is 36.4 Å². The smallest absolute Gasteiger partial charge is 0.550 e. The molecule has 206 valence electrons. The minimum absolute atomic E-state index is 0. The molecule has 5 rings (SSSR count). The zero-order valence-corrected chi connectivity index (χ0v) is 26.8. The van der Waals surface area contributed by atoms with Crippen molar-refractivity contribution in [1.82, 2.24) is 9.97 Å². The van der Waals surface area contributed by atoms with Crippen LogP contribution in [0.3, 0.4) is 0 Å². The summed E-state index contributed by atoms with van der Waals surface area (Å²) >= 11 is 0. The van der Waals surface area contributed by atoms with Gasteiger partial charge in [-0.1, -0.05) is 36.4 Å². The van der Waals surface area contributed by atoms with Crippen molar-refractivity contribution in [3.05, 3.63) is 75.6 Å². The van der Waals surface area contributed by atoms with Gasteiger partial charge in [0.05, 0.1) is 23.6 Å². The van der Waals surface area contributed by atoms with Gasteiger partial charge in [0.25, 0.3) is 0 Å². The number of aryl methyl sites for hydroxylation is 4. The second-order valence-corrected chi connectivity index (χ2v) is 12.3. The molecular formula is C33H39N2NaO4. The molecule has 2 aliphatic rings. The van der Waals surface area contributed by atoms with E-state index in [2.05, 4.69) is 53.3 Å². The molecule has 0 radical (unpaired) electrons. The fourth-order valence-corrected chi connectivity index (χ4v) is 6.36. The molecule has 1 atom stereocenters. The van der Waals surface area contributed by atoms with Crippen molar-refractivity contribution in [3.8, 4) is 17.1 Å². The van der Waals surface area contributed by atoms with Crippen LogP contribution >= 0.6 is 0 Å². The minimum Gasteiger partial charge on any atom is -0.550 e. The maximum atomic E-state index is 11.4. The molecular weight excluding hydrogens is 511 g/mol. The van der Waals surface area contributed by atoms with E-state index < -0.39 is 11.6 Å². The van der Waals surface area contributed by atoms with Crippen LogP contribution in [0.1, 0.15) is 84.7 Å². The second-order valence-electron chi connectivity index (χ2n) is 12.3. The van der Waals surface area contributed by atoms with Gasteiger partial charge < -0.3 is 19.7 Å². The maximum absolute atomic E-state index is 11.4. The van der Waals surface area contributed by atoms with E-state index in [-0.39, 0.29) is 47.3 Å².